The number of benzene rings is 8. The second kappa shape index (κ2) is 46.7. The van der Waals surface area contributed by atoms with Crippen LogP contribution in [0.15, 0.2) is 316 Å². The van der Waals surface area contributed by atoms with E-state index in [-0.39, 0.29) is 83.2 Å². The van der Waals surface area contributed by atoms with Gasteiger partial charge in [-0.1, -0.05) is 110 Å². The summed E-state index contributed by atoms with van der Waals surface area (Å²) >= 11 is 12.2. The molecule has 8 aromatic carbocycles. The lowest BCUT2D eigenvalue weighted by atomic mass is 10.1. The summed E-state index contributed by atoms with van der Waals surface area (Å²) in [5, 5.41) is 14.2. The average Bonchev–Trinajstić information content (AvgIpc) is 0.818. The van der Waals surface area contributed by atoms with Crippen molar-refractivity contribution in [3.05, 3.63) is 405 Å². The molecule has 130 heavy (non-hydrogen) atoms. The summed E-state index contributed by atoms with van der Waals surface area (Å²) in [4.78, 5) is 89.5. The lowest BCUT2D eigenvalue weighted by Crippen LogP contribution is -2.17. The number of amides is 5. The molecule has 0 unspecified atom stereocenters. The molecule has 0 aliphatic heterocycles. The van der Waals surface area contributed by atoms with Gasteiger partial charge in [0.15, 0.2) is 0 Å². The molecule has 15 rings (SSSR count). The van der Waals surface area contributed by atoms with E-state index in [9.17, 15) is 50.3 Å². The Kier molecular flexibility index (Phi) is 35.1. The minimum absolute atomic E-state index is 0. The Hall–Kier alpha value is -16.1. The molecule has 0 atom stereocenters. The Bertz CT molecular complexity index is 6460. The van der Waals surface area contributed by atoms with Crippen molar-refractivity contribution in [1.29, 1.82) is 0 Å². The van der Waals surface area contributed by atoms with Crippen molar-refractivity contribution in [2.24, 2.45) is 0 Å². The Morgan fingerprint density at radius 1 is 0.354 bits per heavy atom. The van der Waals surface area contributed by atoms with Crippen LogP contribution in [-0.2, 0) is 12.1 Å². The maximum Gasteiger partial charge on any atom is 0.416 e. The number of nitrogens with one attached hydrogen (secondary N) is 5. The zero-order valence-electron chi connectivity index (χ0n) is 68.8. The summed E-state index contributed by atoms with van der Waals surface area (Å²) in [5.41, 5.74) is 7.40. The Labute approximate surface area is 756 Å². The standard InChI is InChI=1S/C21H13F3N2O2.C20H18N2O2.C19H13ClF3N3O2.C19H16ClN3O2.C19H16N2O2.2CH4/c1-2-14-5-3-6-15(9-14)20(27)26-17-10-16(21(22,23)24)11-19(12-17)28-18-7-4-8-25-13-18;1-14-5-3-6-16(11-14)20(23)22-17-7-4-8-18(12-17)24-19-10-9-15(2)21-13-19;1-19(22,23)17-4-2-3-16(26-17)18(27)25-13-5-11(20)6-14(8-13)28-15-7-12(21)9-24-10-15;1-12-6-7-16(11-21-12)25-17-9-14(20)8-15(10-17)23-19(24)18-5-3-4-13(2)22-18;1-14-5-2-6-15(11-14)19(22)21-16-7-3-8-17(12-16)23-18-9-4-10-20-13-18;;/h1,3-13H,(H,26,27);3-13H,1-2H3,(H,22,23);2-10H,1H3,(H,25,27);3-11H,1-2H3,(H,23,24);2-13H,1H3,(H,21,22);2*1H4. The van der Waals surface area contributed by atoms with Crippen molar-refractivity contribution < 1.29 is 74.0 Å². The normalized spacial score (nSPS) is 10.4. The van der Waals surface area contributed by atoms with Crippen LogP contribution in [-0.4, -0.2) is 64.4 Å². The minimum Gasteiger partial charge on any atom is -0.456 e. The summed E-state index contributed by atoms with van der Waals surface area (Å²) in [6.07, 6.45) is 12.5. The van der Waals surface area contributed by atoms with E-state index in [1.165, 1.54) is 67.1 Å². The molecule has 0 saturated heterocycles. The Balaban J connectivity index is 0.000000183. The first kappa shape index (κ1) is 97.7. The van der Waals surface area contributed by atoms with E-state index in [0.29, 0.717) is 85.9 Å². The first-order valence-electron chi connectivity index (χ1n) is 38.6. The average molecular weight is 1800 g/mol. The molecule has 0 fully saturated rings. The van der Waals surface area contributed by atoms with Gasteiger partial charge in [0.1, 0.15) is 80.4 Å². The third-order valence-corrected chi connectivity index (χ3v) is 17.7. The van der Waals surface area contributed by atoms with Gasteiger partial charge >= 0.3 is 6.18 Å². The third-order valence-electron chi connectivity index (χ3n) is 17.2. The molecule has 7 heterocycles. The van der Waals surface area contributed by atoms with Crippen LogP contribution in [0.25, 0.3) is 0 Å². The number of terminal acetylenes is 1. The van der Waals surface area contributed by atoms with E-state index in [1.807, 2.05) is 144 Å². The predicted molar refractivity (Wildman–Crippen MR) is 491 cm³/mol. The van der Waals surface area contributed by atoms with Gasteiger partial charge in [0.25, 0.3) is 35.5 Å². The molecule has 7 aromatic heterocycles. The number of aromatic nitrogens is 7. The van der Waals surface area contributed by atoms with Gasteiger partial charge in [-0.25, -0.2) is 14.4 Å². The zero-order valence-corrected chi connectivity index (χ0v) is 70.3. The highest BCUT2D eigenvalue weighted by Gasteiger charge is 2.32. The van der Waals surface area contributed by atoms with Crippen molar-refractivity contribution >= 4 is 81.2 Å². The fraction of sp³-hybridized carbons (Fsp3) is 0.100. The van der Waals surface area contributed by atoms with Gasteiger partial charge in [-0.3, -0.25) is 48.9 Å². The molecular formula is C100H84Cl2F6N12O10. The van der Waals surface area contributed by atoms with Gasteiger partial charge < -0.3 is 50.3 Å². The summed E-state index contributed by atoms with van der Waals surface area (Å²) in [5.74, 6) is 0.959. The van der Waals surface area contributed by atoms with Crippen LogP contribution in [0.5, 0.6) is 57.5 Å². The monoisotopic (exact) mass is 1800 g/mol. The predicted octanol–water partition coefficient (Wildman–Crippen LogP) is 25.8. The third kappa shape index (κ3) is 31.2. The number of nitrogens with zero attached hydrogens (tertiary/aromatic N) is 7. The van der Waals surface area contributed by atoms with Crippen LogP contribution in [0.3, 0.4) is 0 Å². The fourth-order valence-electron chi connectivity index (χ4n) is 11.3. The SMILES string of the molecule is C.C.C#Cc1cccc(C(=O)Nc2cc(Oc3cccnc3)cc(C(F)(F)F)c2)c1.CC(F)(F)c1cccc(C(=O)Nc2cc(Cl)cc(Oc3cncc(F)c3)c2)n1.Cc1ccc(Oc2cc(Cl)cc(NC(=O)c3cccc(C)n3)c2)cn1.Cc1cccc(C(=O)Nc2cccc(Oc3ccc(C)nc3)c2)c1.Cc1cccc(C(=O)Nc2cccc(Oc3cccnc3)c2)c1. The molecule has 5 amide bonds. The van der Waals surface area contributed by atoms with Crippen LogP contribution < -0.4 is 50.3 Å². The van der Waals surface area contributed by atoms with E-state index in [4.69, 9.17) is 53.3 Å². The number of pyridine rings is 7. The number of carbonyl (C=O) groups is 5. The minimum atomic E-state index is -4.61. The summed E-state index contributed by atoms with van der Waals surface area (Å²) in [6, 6.07) is 72.4. The summed E-state index contributed by atoms with van der Waals surface area (Å²) < 4.78 is 108. The van der Waals surface area contributed by atoms with Crippen molar-refractivity contribution in [1.82, 2.24) is 34.9 Å². The van der Waals surface area contributed by atoms with Crippen molar-refractivity contribution in [2.45, 2.75) is 68.5 Å². The topological polar surface area (TPSA) is 282 Å². The molecular weight excluding hydrogens is 1710 g/mol. The molecule has 0 radical (unpaired) electrons. The number of hydrogen-bond donors (Lipinski definition) is 5. The molecule has 0 spiro atoms. The number of ether oxygens (including phenoxy) is 5. The Morgan fingerprint density at radius 3 is 1.20 bits per heavy atom. The number of hydrogen-bond acceptors (Lipinski definition) is 17. The number of aryl methyl sites for hydroxylation is 5. The molecule has 5 N–H and O–H groups in total. The number of alkyl halides is 5. The van der Waals surface area contributed by atoms with Gasteiger partial charge in [0.2, 0.25) is 0 Å². The second-order valence-electron chi connectivity index (χ2n) is 27.8. The van der Waals surface area contributed by atoms with Crippen LogP contribution in [0.2, 0.25) is 10.0 Å². The van der Waals surface area contributed by atoms with E-state index in [1.54, 1.807) is 110 Å². The van der Waals surface area contributed by atoms with Crippen LogP contribution in [0.4, 0.5) is 54.8 Å². The highest BCUT2D eigenvalue weighted by atomic mass is 35.5. The van der Waals surface area contributed by atoms with Gasteiger partial charge in [-0.15, -0.1) is 6.42 Å². The maximum absolute atomic E-state index is 13.4. The first-order chi connectivity index (χ1) is 61.3. The van der Waals surface area contributed by atoms with E-state index in [0.717, 1.165) is 58.7 Å². The van der Waals surface area contributed by atoms with Gasteiger partial charge in [-0.05, 0) is 211 Å². The summed E-state index contributed by atoms with van der Waals surface area (Å²) in [7, 11) is 0. The van der Waals surface area contributed by atoms with Crippen molar-refractivity contribution in [3.63, 3.8) is 0 Å². The molecule has 0 saturated carbocycles. The number of halogens is 8. The van der Waals surface area contributed by atoms with E-state index in [2.05, 4.69) is 67.4 Å². The maximum atomic E-state index is 13.4. The lowest BCUT2D eigenvalue weighted by Gasteiger charge is -2.14. The van der Waals surface area contributed by atoms with Crippen LogP contribution in [0.1, 0.15) is 119 Å². The molecule has 0 aliphatic carbocycles. The highest BCUT2D eigenvalue weighted by Crippen LogP contribution is 2.38. The second-order valence-corrected chi connectivity index (χ2v) is 28.7. The first-order valence-corrected chi connectivity index (χ1v) is 39.4. The fourth-order valence-corrected chi connectivity index (χ4v) is 11.8. The number of carbonyl (C=O) groups excluding carboxylic acids is 5. The van der Waals surface area contributed by atoms with Crippen LogP contribution in [0, 0.1) is 52.8 Å². The van der Waals surface area contributed by atoms with E-state index >= 15 is 0 Å². The lowest BCUT2D eigenvalue weighted by molar-refractivity contribution is -0.137. The molecule has 660 valence electrons. The van der Waals surface area contributed by atoms with Gasteiger partial charge in [-0.2, -0.15) is 22.0 Å². The molecule has 30 heteroatoms. The van der Waals surface area contributed by atoms with Crippen molar-refractivity contribution in [3.8, 4) is 69.8 Å². The number of rotatable bonds is 21. The van der Waals surface area contributed by atoms with Gasteiger partial charge in [0, 0.05) is 134 Å². The quantitative estimate of drug-likeness (QED) is 0.0330. The Morgan fingerprint density at radius 2 is 0.754 bits per heavy atom. The van der Waals surface area contributed by atoms with Gasteiger partial charge in [0.05, 0.1) is 42.7 Å². The molecule has 15 aromatic rings. The zero-order chi connectivity index (χ0) is 91.3. The number of anilines is 5. The largest absolute Gasteiger partial charge is 0.456 e. The van der Waals surface area contributed by atoms with E-state index < -0.39 is 41.0 Å². The molecule has 22 nitrogen and oxygen atoms in total. The molecule has 0 aliphatic rings. The summed E-state index contributed by atoms with van der Waals surface area (Å²) in [6.45, 7) is 10.3. The smallest absolute Gasteiger partial charge is 0.416 e. The van der Waals surface area contributed by atoms with Crippen LogP contribution >= 0.6 is 23.2 Å². The molecule has 0 bridgehead atoms. The highest BCUT2D eigenvalue weighted by molar-refractivity contribution is 6.31. The van der Waals surface area contributed by atoms with Crippen molar-refractivity contribution in [2.75, 3.05) is 26.6 Å².